The number of rotatable bonds is 6. The van der Waals surface area contributed by atoms with Crippen molar-refractivity contribution in [2.45, 2.75) is 171 Å². The summed E-state index contributed by atoms with van der Waals surface area (Å²) in [5, 5.41) is 9.71. The Bertz CT molecular complexity index is 1620. The number of hydrogen-bond acceptors (Lipinski definition) is 6. The molecule has 0 radical (unpaired) electrons. The lowest BCUT2D eigenvalue weighted by Crippen LogP contribution is -2.55. The molecule has 6 aliphatic heterocycles. The number of piperidine rings is 6. The molecule has 0 spiro atoms. The van der Waals surface area contributed by atoms with Crippen LogP contribution in [0.1, 0.15) is 144 Å². The molecule has 6 heterocycles. The zero-order chi connectivity index (χ0) is 42.3. The third-order valence-electron chi connectivity index (χ3n) is 15.0. The van der Waals surface area contributed by atoms with Crippen molar-refractivity contribution in [3.63, 3.8) is 0 Å². The molecule has 3 aromatic rings. The number of nitrogens with one attached hydrogen (secondary N) is 3. The molecule has 3 unspecified atom stereocenters. The lowest BCUT2D eigenvalue weighted by Gasteiger charge is -2.47. The number of hydrogen-bond donors (Lipinski definition) is 3. The van der Waals surface area contributed by atoms with Gasteiger partial charge in [0, 0.05) is 71.1 Å². The number of aryl methyl sites for hydroxylation is 3. The zero-order valence-electron chi connectivity index (χ0n) is 37.3. The van der Waals surface area contributed by atoms with Crippen LogP contribution in [0.3, 0.4) is 0 Å². The summed E-state index contributed by atoms with van der Waals surface area (Å²) in [6.45, 7) is 6.12. The molecule has 9 rings (SSSR count). The molecule has 6 saturated heterocycles. The van der Waals surface area contributed by atoms with E-state index in [0.29, 0.717) is 54.4 Å². The summed E-state index contributed by atoms with van der Waals surface area (Å²) < 4.78 is 0. The second-order valence-electron chi connectivity index (χ2n) is 19.2. The third kappa shape index (κ3) is 11.3. The normalized spacial score (nSPS) is 30.0. The Hall–Kier alpha value is -4.05. The molecule has 6 fully saturated rings. The number of amides is 3. The number of fused-ring (bicyclic) bond motifs is 6. The highest BCUT2D eigenvalue weighted by molar-refractivity contribution is 5.95. The number of carbonyl (C=O) groups is 3. The van der Waals surface area contributed by atoms with E-state index < -0.39 is 0 Å². The quantitative estimate of drug-likeness (QED) is 0.232. The third-order valence-corrected chi connectivity index (χ3v) is 15.0. The van der Waals surface area contributed by atoms with Crippen LogP contribution >= 0.6 is 0 Å². The summed E-state index contributed by atoms with van der Waals surface area (Å²) in [7, 11) is 6.73. The van der Waals surface area contributed by atoms with E-state index >= 15 is 0 Å². The maximum atomic E-state index is 12.3. The van der Waals surface area contributed by atoms with Crippen LogP contribution in [0.2, 0.25) is 0 Å². The molecule has 3 N–H and O–H groups in total. The molecule has 0 aromatic heterocycles. The van der Waals surface area contributed by atoms with Gasteiger partial charge in [0.05, 0.1) is 0 Å². The second kappa shape index (κ2) is 20.2. The fourth-order valence-electron chi connectivity index (χ4n) is 11.1. The second-order valence-corrected chi connectivity index (χ2v) is 19.2. The molecule has 6 bridgehead atoms. The standard InChI is InChI=1S/3C17H24N2O/c3*1-12-6-8-13(9-7-12)17(20)18-14-10-15-4-3-5-16(11-14)19(15)2/h3*6-9,14-16H,3-5,10-11H2,1-2H3,(H,18,20)/t3*14?,15-,16+. The van der Waals surface area contributed by atoms with Crippen LogP contribution in [0, 0.1) is 20.8 Å². The minimum Gasteiger partial charge on any atom is -0.349 e. The molecule has 6 aliphatic rings. The summed E-state index contributed by atoms with van der Waals surface area (Å²) in [6, 6.07) is 28.5. The van der Waals surface area contributed by atoms with E-state index in [9.17, 15) is 14.4 Å². The van der Waals surface area contributed by atoms with Gasteiger partial charge < -0.3 is 30.7 Å². The van der Waals surface area contributed by atoms with E-state index in [2.05, 4.69) is 51.8 Å². The van der Waals surface area contributed by atoms with E-state index in [-0.39, 0.29) is 17.7 Å². The molecule has 9 nitrogen and oxygen atoms in total. The minimum absolute atomic E-state index is 0.0811. The largest absolute Gasteiger partial charge is 0.349 e. The average molecular weight is 817 g/mol. The van der Waals surface area contributed by atoms with E-state index in [1.807, 2.05) is 93.6 Å². The van der Waals surface area contributed by atoms with Crippen LogP contribution in [0.4, 0.5) is 0 Å². The summed E-state index contributed by atoms with van der Waals surface area (Å²) in [4.78, 5) is 44.5. The van der Waals surface area contributed by atoms with E-state index in [4.69, 9.17) is 0 Å². The van der Waals surface area contributed by atoms with Crippen molar-refractivity contribution in [1.82, 2.24) is 30.7 Å². The smallest absolute Gasteiger partial charge is 0.251 e. The molecule has 9 heteroatoms. The van der Waals surface area contributed by atoms with Gasteiger partial charge in [-0.05, 0) is 155 Å². The van der Waals surface area contributed by atoms with Crippen LogP contribution in [-0.4, -0.2) is 108 Å². The van der Waals surface area contributed by atoms with E-state index in [0.717, 1.165) is 55.2 Å². The Kier molecular flexibility index (Phi) is 14.8. The van der Waals surface area contributed by atoms with Gasteiger partial charge in [0.1, 0.15) is 0 Å². The number of carbonyl (C=O) groups excluding carboxylic acids is 3. The molecule has 9 atom stereocenters. The lowest BCUT2D eigenvalue weighted by molar-refractivity contribution is 0.0460. The van der Waals surface area contributed by atoms with E-state index in [1.165, 1.54) is 74.5 Å². The monoisotopic (exact) mass is 817 g/mol. The highest BCUT2D eigenvalue weighted by Crippen LogP contribution is 2.35. The fraction of sp³-hybridized carbons (Fsp3) is 0.588. The van der Waals surface area contributed by atoms with Gasteiger partial charge >= 0.3 is 0 Å². The van der Waals surface area contributed by atoms with Crippen LogP contribution in [-0.2, 0) is 0 Å². The highest BCUT2D eigenvalue weighted by Gasteiger charge is 2.39. The first-order chi connectivity index (χ1) is 28.9. The molecule has 0 saturated carbocycles. The summed E-state index contributed by atoms with van der Waals surface area (Å²) in [5.41, 5.74) is 5.90. The maximum Gasteiger partial charge on any atom is 0.251 e. The molecule has 0 aliphatic carbocycles. The first-order valence-corrected chi connectivity index (χ1v) is 23.2. The summed E-state index contributed by atoms with van der Waals surface area (Å²) in [6.07, 6.45) is 18.3. The Labute approximate surface area is 360 Å². The average Bonchev–Trinajstić information content (AvgIpc) is 3.20. The molecule has 324 valence electrons. The maximum absolute atomic E-state index is 12.3. The van der Waals surface area contributed by atoms with Crippen molar-refractivity contribution < 1.29 is 14.4 Å². The fourth-order valence-corrected chi connectivity index (χ4v) is 11.1. The van der Waals surface area contributed by atoms with Gasteiger partial charge in [-0.2, -0.15) is 0 Å². The first-order valence-electron chi connectivity index (χ1n) is 23.2. The highest BCUT2D eigenvalue weighted by atomic mass is 16.2. The van der Waals surface area contributed by atoms with Crippen molar-refractivity contribution in [1.29, 1.82) is 0 Å². The SMILES string of the molecule is Cc1ccc(C(=O)NC2C[C@H]3CCC[C@@H](C2)N3C)cc1.Cc1ccc(C(=O)NC2C[C@H]3CCC[C@@H](C2)N3C)cc1.Cc1ccc(C(=O)NC2C[C@H]3CCC[C@@H](C2)N3C)cc1. The van der Waals surface area contributed by atoms with Crippen molar-refractivity contribution >= 4 is 17.7 Å². The van der Waals surface area contributed by atoms with Crippen LogP contribution in [0.5, 0.6) is 0 Å². The molecular formula is C51H72N6O3. The topological polar surface area (TPSA) is 97.0 Å². The van der Waals surface area contributed by atoms with Crippen LogP contribution < -0.4 is 16.0 Å². The van der Waals surface area contributed by atoms with Gasteiger partial charge in [0.2, 0.25) is 0 Å². The predicted octanol–water partition coefficient (Wildman–Crippen LogP) is 8.22. The zero-order valence-corrected chi connectivity index (χ0v) is 37.3. The van der Waals surface area contributed by atoms with Gasteiger partial charge in [0.15, 0.2) is 0 Å². The van der Waals surface area contributed by atoms with Gasteiger partial charge in [-0.25, -0.2) is 0 Å². The van der Waals surface area contributed by atoms with Crippen molar-refractivity contribution in [3.8, 4) is 0 Å². The number of benzene rings is 3. The molecule has 3 amide bonds. The number of nitrogens with zero attached hydrogens (tertiary/aromatic N) is 3. The molecular weight excluding hydrogens is 745 g/mol. The predicted molar refractivity (Wildman–Crippen MR) is 243 cm³/mol. The van der Waals surface area contributed by atoms with Crippen molar-refractivity contribution in [2.75, 3.05) is 21.1 Å². The van der Waals surface area contributed by atoms with Gasteiger partial charge in [-0.1, -0.05) is 72.4 Å². The van der Waals surface area contributed by atoms with Crippen LogP contribution in [0.25, 0.3) is 0 Å². The summed E-state index contributed by atoms with van der Waals surface area (Å²) in [5.74, 6) is 0.243. The minimum atomic E-state index is 0.0811. The Morgan fingerprint density at radius 1 is 0.383 bits per heavy atom. The Morgan fingerprint density at radius 2 is 0.583 bits per heavy atom. The van der Waals surface area contributed by atoms with Crippen molar-refractivity contribution in [3.05, 3.63) is 106 Å². The van der Waals surface area contributed by atoms with Gasteiger partial charge in [0.25, 0.3) is 17.7 Å². The molecule has 60 heavy (non-hydrogen) atoms. The lowest BCUT2D eigenvalue weighted by atomic mass is 9.82. The Balaban J connectivity index is 0.000000136. The van der Waals surface area contributed by atoms with Crippen LogP contribution in [0.15, 0.2) is 72.8 Å². The van der Waals surface area contributed by atoms with Gasteiger partial charge in [-0.3, -0.25) is 14.4 Å². The molecule has 3 aromatic carbocycles. The first kappa shape index (κ1) is 44.0. The Morgan fingerprint density at radius 3 is 0.783 bits per heavy atom. The van der Waals surface area contributed by atoms with Crippen molar-refractivity contribution in [2.24, 2.45) is 0 Å². The van der Waals surface area contributed by atoms with Gasteiger partial charge in [-0.15, -0.1) is 0 Å². The van der Waals surface area contributed by atoms with E-state index in [1.54, 1.807) is 0 Å². The summed E-state index contributed by atoms with van der Waals surface area (Å²) >= 11 is 0.